The van der Waals surface area contributed by atoms with E-state index in [0.29, 0.717) is 11.8 Å². The van der Waals surface area contributed by atoms with Crippen LogP contribution in [0, 0.1) is 58.7 Å². The molecule has 3 fully saturated rings. The van der Waals surface area contributed by atoms with Crippen molar-refractivity contribution < 1.29 is 0 Å². The summed E-state index contributed by atoms with van der Waals surface area (Å²) in [6, 6.07) is 6.95. The van der Waals surface area contributed by atoms with Crippen LogP contribution in [0.1, 0.15) is 122 Å². The molecule has 10 atom stereocenters. The summed E-state index contributed by atoms with van der Waals surface area (Å²) in [4.78, 5) is 0. The van der Waals surface area contributed by atoms with Gasteiger partial charge < -0.3 is 0 Å². The van der Waals surface area contributed by atoms with Gasteiger partial charge in [0.1, 0.15) is 0 Å². The van der Waals surface area contributed by atoms with Crippen molar-refractivity contribution in [2.75, 3.05) is 0 Å². The van der Waals surface area contributed by atoms with Crippen molar-refractivity contribution in [3.05, 3.63) is 100 Å². The van der Waals surface area contributed by atoms with E-state index < -0.39 is 0 Å². The SMILES string of the molecule is C=C(CC1CC2CC3CC(C2)C1C3)C[C@@H]1[C@]2(C)C(=C(C)[C@@]3(C)C(=C)C(C(=C)C)=C(C)C[C@@]13C)C(=C)c1c(C)cccc1[C@H]2C. The van der Waals surface area contributed by atoms with Gasteiger partial charge in [-0.15, -0.1) is 0 Å². The van der Waals surface area contributed by atoms with Gasteiger partial charge in [0.2, 0.25) is 0 Å². The zero-order valence-corrected chi connectivity index (χ0v) is 29.3. The topological polar surface area (TPSA) is 0 Å². The van der Waals surface area contributed by atoms with Crippen molar-refractivity contribution >= 4 is 5.57 Å². The molecule has 3 saturated carbocycles. The van der Waals surface area contributed by atoms with Crippen LogP contribution in [0.15, 0.2) is 83.5 Å². The molecule has 0 radical (unpaired) electrons. The van der Waals surface area contributed by atoms with E-state index in [9.17, 15) is 0 Å². The molecule has 1 aromatic carbocycles. The van der Waals surface area contributed by atoms with E-state index in [4.69, 9.17) is 19.7 Å². The summed E-state index contributed by atoms with van der Waals surface area (Å²) in [5, 5.41) is 0. The molecule has 0 aliphatic heterocycles. The molecule has 234 valence electrons. The van der Waals surface area contributed by atoms with E-state index >= 15 is 0 Å². The number of rotatable bonds is 5. The highest BCUT2D eigenvalue weighted by atomic mass is 14.7. The van der Waals surface area contributed by atoms with Crippen LogP contribution < -0.4 is 0 Å². The predicted molar refractivity (Wildman–Crippen MR) is 189 cm³/mol. The van der Waals surface area contributed by atoms with E-state index in [-0.39, 0.29) is 16.2 Å². The first-order valence-electron chi connectivity index (χ1n) is 17.9. The fraction of sp³-hybridized carbons (Fsp3) is 0.591. The van der Waals surface area contributed by atoms with E-state index in [0.717, 1.165) is 48.0 Å². The van der Waals surface area contributed by atoms with Crippen molar-refractivity contribution in [2.24, 2.45) is 51.8 Å². The molecule has 5 unspecified atom stereocenters. The molecule has 0 amide bonds. The molecule has 0 N–H and O–H groups in total. The molecule has 1 aromatic rings. The summed E-state index contributed by atoms with van der Waals surface area (Å²) in [6.45, 7) is 38.9. The van der Waals surface area contributed by atoms with Gasteiger partial charge in [-0.25, -0.2) is 0 Å². The lowest BCUT2D eigenvalue weighted by molar-refractivity contribution is -0.0377. The van der Waals surface area contributed by atoms with Crippen LogP contribution in [0.2, 0.25) is 0 Å². The molecule has 0 spiro atoms. The molecule has 0 heterocycles. The van der Waals surface area contributed by atoms with Crippen molar-refractivity contribution in [3.63, 3.8) is 0 Å². The Morgan fingerprint density at radius 2 is 1.59 bits per heavy atom. The molecular formula is C44H58. The third-order valence-corrected chi connectivity index (χ3v) is 15.4. The second-order valence-electron chi connectivity index (χ2n) is 17.5. The van der Waals surface area contributed by atoms with Gasteiger partial charge in [0, 0.05) is 10.8 Å². The van der Waals surface area contributed by atoms with Crippen LogP contribution in [-0.2, 0) is 0 Å². The lowest BCUT2D eigenvalue weighted by Crippen LogP contribution is -2.59. The minimum atomic E-state index is -0.175. The monoisotopic (exact) mass is 586 g/mol. The summed E-state index contributed by atoms with van der Waals surface area (Å²) >= 11 is 0. The summed E-state index contributed by atoms with van der Waals surface area (Å²) in [7, 11) is 0. The molecule has 0 heteroatoms. The number of hydrogen-bond donors (Lipinski definition) is 0. The zero-order valence-electron chi connectivity index (χ0n) is 29.3. The zero-order chi connectivity index (χ0) is 31.7. The van der Waals surface area contributed by atoms with Crippen molar-refractivity contribution in [3.8, 4) is 0 Å². The molecule has 6 aliphatic carbocycles. The van der Waals surface area contributed by atoms with Gasteiger partial charge in [-0.3, -0.25) is 0 Å². The second-order valence-corrected chi connectivity index (χ2v) is 17.5. The van der Waals surface area contributed by atoms with Gasteiger partial charge >= 0.3 is 0 Å². The summed E-state index contributed by atoms with van der Waals surface area (Å²) in [5.74, 6) is 5.65. The highest BCUT2D eigenvalue weighted by molar-refractivity contribution is 5.87. The standard InChI is InChI=1S/C44H58/c1-24(2)39-27(5)23-42(10)38(17-25(3)16-34-19-32-18-33-21-35(20-32)37(34)22-33)43(11)29(7)36-15-13-14-26(4)40(36)28(6)41(43)31(9)44(42,12)30(39)8/h13-15,29,32-35,37-38H,1,3,6,8,16-23H2,2,4-5,7,9-12H3/t29-,32?,33?,34?,35?,37?,38+,42+,43-,44-/m1/s1. The van der Waals surface area contributed by atoms with E-state index in [1.54, 1.807) is 0 Å². The first-order chi connectivity index (χ1) is 20.6. The average molecular weight is 587 g/mol. The van der Waals surface area contributed by atoms with Crippen molar-refractivity contribution in [1.29, 1.82) is 0 Å². The van der Waals surface area contributed by atoms with Crippen LogP contribution in [-0.4, -0.2) is 0 Å². The van der Waals surface area contributed by atoms with Crippen LogP contribution >= 0.6 is 0 Å². The molecule has 44 heavy (non-hydrogen) atoms. The third-order valence-electron chi connectivity index (χ3n) is 15.4. The van der Waals surface area contributed by atoms with Gasteiger partial charge in [-0.05, 0) is 165 Å². The van der Waals surface area contributed by atoms with Crippen LogP contribution in [0.5, 0.6) is 0 Å². The minimum Gasteiger partial charge on any atom is -0.0998 e. The van der Waals surface area contributed by atoms with Crippen LogP contribution in [0.3, 0.4) is 0 Å². The Morgan fingerprint density at radius 1 is 0.909 bits per heavy atom. The van der Waals surface area contributed by atoms with Crippen molar-refractivity contribution in [1.82, 2.24) is 0 Å². The fourth-order valence-electron chi connectivity index (χ4n) is 13.4. The van der Waals surface area contributed by atoms with Gasteiger partial charge in [0.25, 0.3) is 0 Å². The normalized spacial score (nSPS) is 42.3. The summed E-state index contributed by atoms with van der Waals surface area (Å²) < 4.78 is 0. The number of benzene rings is 1. The molecule has 0 aromatic heterocycles. The molecule has 0 saturated heterocycles. The Kier molecular flexibility index (Phi) is 6.77. The maximum Gasteiger partial charge on any atom is 0.0197 e. The van der Waals surface area contributed by atoms with Crippen LogP contribution in [0.4, 0.5) is 0 Å². The van der Waals surface area contributed by atoms with Crippen LogP contribution in [0.25, 0.3) is 5.57 Å². The number of allylic oxidation sites excluding steroid dienone is 8. The maximum absolute atomic E-state index is 4.97. The maximum atomic E-state index is 4.97. The predicted octanol–water partition coefficient (Wildman–Crippen LogP) is 12.4. The lowest BCUT2D eigenvalue weighted by Gasteiger charge is -2.67. The minimum absolute atomic E-state index is 0.0122. The van der Waals surface area contributed by atoms with Crippen molar-refractivity contribution in [2.45, 2.75) is 113 Å². The number of hydrogen-bond acceptors (Lipinski definition) is 0. The van der Waals surface area contributed by atoms with Gasteiger partial charge in [0.15, 0.2) is 0 Å². The quantitative estimate of drug-likeness (QED) is 0.301. The van der Waals surface area contributed by atoms with E-state index in [1.807, 2.05) is 0 Å². The Labute approximate surface area is 269 Å². The first kappa shape index (κ1) is 30.3. The Bertz CT molecular complexity index is 1570. The van der Waals surface area contributed by atoms with Gasteiger partial charge in [-0.1, -0.05) is 94.5 Å². The number of fused-ring (bicyclic) bond motifs is 5. The molecule has 7 rings (SSSR count). The average Bonchev–Trinajstić information content (AvgIpc) is 3.18. The van der Waals surface area contributed by atoms with E-state index in [2.05, 4.69) is 80.2 Å². The smallest absolute Gasteiger partial charge is 0.0197 e. The Hall–Kier alpha value is -2.34. The first-order valence-corrected chi connectivity index (χ1v) is 17.9. The third kappa shape index (κ3) is 3.75. The number of aryl methyl sites for hydroxylation is 1. The molecular weight excluding hydrogens is 528 g/mol. The molecule has 6 aliphatic rings. The highest BCUT2D eigenvalue weighted by Crippen LogP contribution is 2.75. The lowest BCUT2D eigenvalue weighted by atomic mass is 9.36. The van der Waals surface area contributed by atoms with Gasteiger partial charge in [-0.2, -0.15) is 0 Å². The second kappa shape index (κ2) is 9.83. The molecule has 3 bridgehead atoms. The molecule has 0 nitrogen and oxygen atoms in total. The fourth-order valence-corrected chi connectivity index (χ4v) is 13.4. The van der Waals surface area contributed by atoms with Gasteiger partial charge in [0.05, 0.1) is 0 Å². The summed E-state index contributed by atoms with van der Waals surface area (Å²) in [5.41, 5.74) is 15.0. The summed E-state index contributed by atoms with van der Waals surface area (Å²) in [6.07, 6.45) is 10.9. The largest absolute Gasteiger partial charge is 0.0998 e. The Balaban J connectivity index is 1.37. The van der Waals surface area contributed by atoms with E-state index in [1.165, 1.54) is 94.2 Å². The Morgan fingerprint density at radius 3 is 2.27 bits per heavy atom. The highest BCUT2D eigenvalue weighted by Gasteiger charge is 2.66.